The van der Waals surface area contributed by atoms with Crippen LogP contribution in [0.2, 0.25) is 0 Å². The maximum atomic E-state index is 12.8. The standard InChI is InChI=1S/C26H29N3O4/c1-18-10-13-26(33-22-8-6-5-7-9-22)25(14-18)29(20(3)31)16-21-15-23(32-4)11-12-24(21)28-17-27-19(2)30/h5-15,28H,16-17H2,1-4H3,(H,27,30). The Balaban J connectivity index is 1.97. The van der Waals surface area contributed by atoms with Gasteiger partial charge in [0.15, 0.2) is 5.75 Å². The molecule has 0 atom stereocenters. The predicted octanol–water partition coefficient (Wildman–Crippen LogP) is 4.85. The third kappa shape index (κ3) is 6.49. The molecule has 172 valence electrons. The lowest BCUT2D eigenvalue weighted by Crippen LogP contribution is -2.30. The molecule has 0 aliphatic rings. The van der Waals surface area contributed by atoms with Gasteiger partial charge in [0.2, 0.25) is 11.8 Å². The molecule has 0 unspecified atom stereocenters. The number of anilines is 2. The highest BCUT2D eigenvalue weighted by atomic mass is 16.5. The molecule has 0 aliphatic carbocycles. The summed E-state index contributed by atoms with van der Waals surface area (Å²) in [7, 11) is 1.60. The second kappa shape index (κ2) is 11.0. The van der Waals surface area contributed by atoms with Crippen LogP contribution < -0.4 is 25.0 Å². The zero-order chi connectivity index (χ0) is 23.8. The molecule has 3 aromatic carbocycles. The number of benzene rings is 3. The van der Waals surface area contributed by atoms with Gasteiger partial charge < -0.3 is 25.0 Å². The van der Waals surface area contributed by atoms with Crippen LogP contribution in [0.5, 0.6) is 17.2 Å². The van der Waals surface area contributed by atoms with Crippen molar-refractivity contribution in [3.63, 3.8) is 0 Å². The molecule has 0 saturated heterocycles. The summed E-state index contributed by atoms with van der Waals surface area (Å²) in [5.41, 5.74) is 3.30. The van der Waals surface area contributed by atoms with Gasteiger partial charge in [-0.15, -0.1) is 0 Å². The van der Waals surface area contributed by atoms with Gasteiger partial charge >= 0.3 is 0 Å². The SMILES string of the molecule is COc1ccc(NCNC(C)=O)c(CN(C(C)=O)c2cc(C)ccc2Oc2ccccc2)c1. The Bertz CT molecular complexity index is 1120. The Morgan fingerprint density at radius 1 is 0.939 bits per heavy atom. The number of hydrogen-bond donors (Lipinski definition) is 2. The lowest BCUT2D eigenvalue weighted by Gasteiger charge is -2.26. The summed E-state index contributed by atoms with van der Waals surface area (Å²) >= 11 is 0. The van der Waals surface area contributed by atoms with Crippen molar-refractivity contribution < 1.29 is 19.1 Å². The van der Waals surface area contributed by atoms with Crippen LogP contribution in [0.3, 0.4) is 0 Å². The van der Waals surface area contributed by atoms with Crippen molar-refractivity contribution >= 4 is 23.2 Å². The summed E-state index contributed by atoms with van der Waals surface area (Å²) in [6.45, 7) is 5.50. The van der Waals surface area contributed by atoms with Crippen LogP contribution in [-0.2, 0) is 16.1 Å². The highest BCUT2D eigenvalue weighted by molar-refractivity contribution is 5.93. The lowest BCUT2D eigenvalue weighted by atomic mass is 10.1. The maximum Gasteiger partial charge on any atom is 0.224 e. The first-order valence-electron chi connectivity index (χ1n) is 10.6. The maximum absolute atomic E-state index is 12.8. The van der Waals surface area contributed by atoms with Crippen molar-refractivity contribution in [2.45, 2.75) is 27.3 Å². The van der Waals surface area contributed by atoms with Crippen LogP contribution >= 0.6 is 0 Å². The number of rotatable bonds is 9. The summed E-state index contributed by atoms with van der Waals surface area (Å²) in [4.78, 5) is 25.7. The minimum absolute atomic E-state index is 0.130. The fourth-order valence-electron chi connectivity index (χ4n) is 3.34. The first-order chi connectivity index (χ1) is 15.9. The first kappa shape index (κ1) is 23.7. The molecule has 0 radical (unpaired) electrons. The van der Waals surface area contributed by atoms with E-state index in [2.05, 4.69) is 10.6 Å². The zero-order valence-electron chi connectivity index (χ0n) is 19.3. The fourth-order valence-corrected chi connectivity index (χ4v) is 3.34. The van der Waals surface area contributed by atoms with Crippen molar-refractivity contribution in [3.05, 3.63) is 77.9 Å². The number of ether oxygens (including phenoxy) is 2. The number of methoxy groups -OCH3 is 1. The minimum atomic E-state index is -0.134. The molecule has 2 N–H and O–H groups in total. The molecule has 3 rings (SSSR count). The molecular formula is C26H29N3O4. The summed E-state index contributed by atoms with van der Waals surface area (Å²) in [6, 6.07) is 20.8. The summed E-state index contributed by atoms with van der Waals surface area (Å²) < 4.78 is 11.5. The van der Waals surface area contributed by atoms with E-state index in [0.717, 1.165) is 16.8 Å². The molecule has 0 aromatic heterocycles. The normalized spacial score (nSPS) is 10.3. The molecule has 7 nitrogen and oxygen atoms in total. The average molecular weight is 448 g/mol. The van der Waals surface area contributed by atoms with Crippen molar-refractivity contribution in [2.24, 2.45) is 0 Å². The van der Waals surface area contributed by atoms with E-state index in [1.165, 1.54) is 13.8 Å². The second-order valence-electron chi connectivity index (χ2n) is 7.60. The number of amides is 2. The van der Waals surface area contributed by atoms with Crippen LogP contribution in [0.25, 0.3) is 0 Å². The largest absolute Gasteiger partial charge is 0.497 e. The van der Waals surface area contributed by atoms with E-state index in [4.69, 9.17) is 9.47 Å². The molecule has 3 aromatic rings. The summed E-state index contributed by atoms with van der Waals surface area (Å²) in [5.74, 6) is 1.67. The Kier molecular flexibility index (Phi) is 7.91. The molecule has 0 saturated carbocycles. The third-order valence-electron chi connectivity index (χ3n) is 5.01. The molecule has 0 fully saturated rings. The molecule has 33 heavy (non-hydrogen) atoms. The van der Waals surface area contributed by atoms with Crippen molar-refractivity contribution in [1.82, 2.24) is 5.32 Å². The summed E-state index contributed by atoms with van der Waals surface area (Å²) in [5, 5.41) is 5.92. The second-order valence-corrected chi connectivity index (χ2v) is 7.60. The molecule has 2 amide bonds. The van der Waals surface area contributed by atoms with Gasteiger partial charge in [-0.3, -0.25) is 9.59 Å². The molecule has 0 aliphatic heterocycles. The third-order valence-corrected chi connectivity index (χ3v) is 5.01. The number of nitrogens with zero attached hydrogens (tertiary/aromatic N) is 1. The van der Waals surface area contributed by atoms with E-state index < -0.39 is 0 Å². The Morgan fingerprint density at radius 2 is 1.70 bits per heavy atom. The summed E-state index contributed by atoms with van der Waals surface area (Å²) in [6.07, 6.45) is 0. The lowest BCUT2D eigenvalue weighted by molar-refractivity contribution is -0.119. The predicted molar refractivity (Wildman–Crippen MR) is 130 cm³/mol. The topological polar surface area (TPSA) is 79.9 Å². The Labute approximate surface area is 194 Å². The number of carbonyl (C=O) groups excluding carboxylic acids is 2. The molecule has 7 heteroatoms. The van der Waals surface area contributed by atoms with Gasteiger partial charge in [0.05, 0.1) is 26.0 Å². The first-order valence-corrected chi connectivity index (χ1v) is 10.6. The highest BCUT2D eigenvalue weighted by Crippen LogP contribution is 2.35. The molecule has 0 heterocycles. The van der Waals surface area contributed by atoms with Crippen LogP contribution in [-0.4, -0.2) is 25.6 Å². The van der Waals surface area contributed by atoms with Gasteiger partial charge in [0.25, 0.3) is 0 Å². The average Bonchev–Trinajstić information content (AvgIpc) is 2.79. The van der Waals surface area contributed by atoms with E-state index in [0.29, 0.717) is 22.9 Å². The molecule has 0 spiro atoms. The number of carbonyl (C=O) groups is 2. The minimum Gasteiger partial charge on any atom is -0.497 e. The van der Waals surface area contributed by atoms with E-state index >= 15 is 0 Å². The van der Waals surface area contributed by atoms with Crippen LogP contribution in [0.15, 0.2) is 66.7 Å². The van der Waals surface area contributed by atoms with Gasteiger partial charge in [-0.1, -0.05) is 24.3 Å². The number of aryl methyl sites for hydroxylation is 1. The van der Waals surface area contributed by atoms with Crippen LogP contribution in [0.1, 0.15) is 25.0 Å². The van der Waals surface area contributed by atoms with Crippen molar-refractivity contribution in [2.75, 3.05) is 24.0 Å². The van der Waals surface area contributed by atoms with E-state index in [1.54, 1.807) is 12.0 Å². The Hall–Kier alpha value is -4.00. The fraction of sp³-hybridized carbons (Fsp3) is 0.231. The highest BCUT2D eigenvalue weighted by Gasteiger charge is 2.20. The number of para-hydroxylation sites is 1. The zero-order valence-corrected chi connectivity index (χ0v) is 19.3. The Morgan fingerprint density at radius 3 is 2.36 bits per heavy atom. The smallest absolute Gasteiger partial charge is 0.224 e. The quantitative estimate of drug-likeness (QED) is 0.458. The monoisotopic (exact) mass is 447 g/mol. The number of nitrogens with one attached hydrogen (secondary N) is 2. The van der Waals surface area contributed by atoms with Gasteiger partial charge in [0, 0.05) is 19.5 Å². The van der Waals surface area contributed by atoms with E-state index in [9.17, 15) is 9.59 Å². The van der Waals surface area contributed by atoms with Crippen LogP contribution in [0.4, 0.5) is 11.4 Å². The number of hydrogen-bond acceptors (Lipinski definition) is 5. The molecule has 0 bridgehead atoms. The van der Waals surface area contributed by atoms with Gasteiger partial charge in [0.1, 0.15) is 11.5 Å². The van der Waals surface area contributed by atoms with E-state index in [1.807, 2.05) is 73.7 Å². The van der Waals surface area contributed by atoms with Crippen molar-refractivity contribution in [1.29, 1.82) is 0 Å². The van der Waals surface area contributed by atoms with Gasteiger partial charge in [-0.05, 0) is 60.5 Å². The van der Waals surface area contributed by atoms with Crippen LogP contribution in [0, 0.1) is 6.92 Å². The van der Waals surface area contributed by atoms with E-state index in [-0.39, 0.29) is 25.0 Å². The molecular weight excluding hydrogens is 418 g/mol. The van der Waals surface area contributed by atoms with Gasteiger partial charge in [-0.25, -0.2) is 0 Å². The van der Waals surface area contributed by atoms with Crippen molar-refractivity contribution in [3.8, 4) is 17.2 Å². The van der Waals surface area contributed by atoms with Gasteiger partial charge in [-0.2, -0.15) is 0 Å².